The maximum Gasteiger partial charge on any atom is 0.250 e. The van der Waals surface area contributed by atoms with Crippen molar-refractivity contribution in [2.24, 2.45) is 5.92 Å². The lowest BCUT2D eigenvalue weighted by Crippen LogP contribution is -2.38. The van der Waals surface area contributed by atoms with Crippen molar-refractivity contribution in [2.75, 3.05) is 25.9 Å². The molecule has 0 spiro atoms. The molecule has 0 bridgehead atoms. The number of piperidine rings is 1. The number of aryl methyl sites for hydroxylation is 1. The van der Waals surface area contributed by atoms with Crippen LogP contribution >= 0.6 is 23.1 Å². The highest BCUT2D eigenvalue weighted by molar-refractivity contribution is 7.98. The predicted molar refractivity (Wildman–Crippen MR) is 110 cm³/mol. The van der Waals surface area contributed by atoms with E-state index >= 15 is 0 Å². The summed E-state index contributed by atoms with van der Waals surface area (Å²) >= 11 is 3.12. The Morgan fingerprint density at radius 2 is 1.92 bits per heavy atom. The standard InChI is InChI=1S/C19H26N2O2S3/c1-15-7-8-19(25-15)26(22,23)20-13-16-9-11-21(12-10-16)14-17-5-3-4-6-18(17)24-2/h3-8,16,20H,9-14H2,1-2H3. The third kappa shape index (κ3) is 5.10. The minimum absolute atomic E-state index is 0.415. The van der Waals surface area contributed by atoms with Crippen LogP contribution in [-0.4, -0.2) is 39.2 Å². The molecule has 1 saturated heterocycles. The van der Waals surface area contributed by atoms with Gasteiger partial charge in [0.2, 0.25) is 10.0 Å². The van der Waals surface area contributed by atoms with Crippen molar-refractivity contribution in [3.63, 3.8) is 0 Å². The fourth-order valence-corrected chi connectivity index (χ4v) is 6.33. The molecule has 0 unspecified atom stereocenters. The summed E-state index contributed by atoms with van der Waals surface area (Å²) in [5, 5.41) is 0. The summed E-state index contributed by atoms with van der Waals surface area (Å²) in [4.78, 5) is 4.83. The Morgan fingerprint density at radius 3 is 2.58 bits per heavy atom. The van der Waals surface area contributed by atoms with Crippen molar-refractivity contribution < 1.29 is 8.42 Å². The van der Waals surface area contributed by atoms with Gasteiger partial charge in [0, 0.05) is 22.9 Å². The van der Waals surface area contributed by atoms with Crippen LogP contribution < -0.4 is 4.72 Å². The lowest BCUT2D eigenvalue weighted by molar-refractivity contribution is 0.177. The van der Waals surface area contributed by atoms with E-state index in [0.717, 1.165) is 37.4 Å². The van der Waals surface area contributed by atoms with Gasteiger partial charge >= 0.3 is 0 Å². The Hall–Kier alpha value is -0.860. The zero-order chi connectivity index (χ0) is 18.6. The van der Waals surface area contributed by atoms with E-state index in [-0.39, 0.29) is 0 Å². The first-order chi connectivity index (χ1) is 12.5. The van der Waals surface area contributed by atoms with Crippen molar-refractivity contribution in [3.05, 3.63) is 46.8 Å². The van der Waals surface area contributed by atoms with Crippen LogP contribution in [-0.2, 0) is 16.6 Å². The second-order valence-corrected chi connectivity index (χ2v) is 10.9. The van der Waals surface area contributed by atoms with Gasteiger partial charge in [-0.2, -0.15) is 0 Å². The average molecular weight is 411 g/mol. The maximum absolute atomic E-state index is 12.4. The van der Waals surface area contributed by atoms with Crippen LogP contribution in [0.2, 0.25) is 0 Å². The minimum Gasteiger partial charge on any atom is -0.299 e. The molecule has 0 saturated carbocycles. The molecule has 0 aliphatic carbocycles. The Balaban J connectivity index is 1.48. The zero-order valence-electron chi connectivity index (χ0n) is 15.3. The molecule has 0 atom stereocenters. The molecule has 7 heteroatoms. The highest BCUT2D eigenvalue weighted by Crippen LogP contribution is 2.25. The lowest BCUT2D eigenvalue weighted by atomic mass is 9.97. The molecule has 1 aromatic carbocycles. The van der Waals surface area contributed by atoms with Crippen molar-refractivity contribution in [3.8, 4) is 0 Å². The van der Waals surface area contributed by atoms with Gasteiger partial charge in [-0.05, 0) is 68.8 Å². The van der Waals surface area contributed by atoms with Crippen LogP contribution in [0.5, 0.6) is 0 Å². The van der Waals surface area contributed by atoms with Gasteiger partial charge in [0.15, 0.2) is 0 Å². The van der Waals surface area contributed by atoms with E-state index in [9.17, 15) is 8.42 Å². The summed E-state index contributed by atoms with van der Waals surface area (Å²) in [5.74, 6) is 0.415. The molecule has 142 valence electrons. The number of thioether (sulfide) groups is 1. The number of nitrogens with zero attached hydrogens (tertiary/aromatic N) is 1. The second kappa shape index (κ2) is 8.89. The van der Waals surface area contributed by atoms with Gasteiger partial charge < -0.3 is 0 Å². The molecule has 0 radical (unpaired) electrons. The topological polar surface area (TPSA) is 49.4 Å². The molecular formula is C19H26N2O2S3. The first-order valence-electron chi connectivity index (χ1n) is 8.88. The second-order valence-electron chi connectivity index (χ2n) is 6.75. The summed E-state index contributed by atoms with van der Waals surface area (Å²) in [6.45, 7) is 5.48. The largest absolute Gasteiger partial charge is 0.299 e. The molecule has 1 aliphatic rings. The normalized spacial score (nSPS) is 16.8. The van der Waals surface area contributed by atoms with Crippen LogP contribution in [0.25, 0.3) is 0 Å². The summed E-state index contributed by atoms with van der Waals surface area (Å²) in [6, 6.07) is 12.1. The molecule has 3 rings (SSSR count). The number of sulfonamides is 1. The highest BCUT2D eigenvalue weighted by atomic mass is 32.2. The number of hydrogen-bond acceptors (Lipinski definition) is 5. The average Bonchev–Trinajstić information content (AvgIpc) is 3.09. The van der Waals surface area contributed by atoms with Crippen LogP contribution in [0.1, 0.15) is 23.3 Å². The smallest absolute Gasteiger partial charge is 0.250 e. The monoisotopic (exact) mass is 410 g/mol. The molecule has 1 aromatic heterocycles. The Labute approximate surface area is 165 Å². The van der Waals surface area contributed by atoms with Gasteiger partial charge in [-0.25, -0.2) is 13.1 Å². The first-order valence-corrected chi connectivity index (χ1v) is 12.4. The van der Waals surface area contributed by atoms with Gasteiger partial charge in [-0.3, -0.25) is 4.90 Å². The van der Waals surface area contributed by atoms with Crippen molar-refractivity contribution in [1.29, 1.82) is 0 Å². The summed E-state index contributed by atoms with van der Waals surface area (Å²) < 4.78 is 27.9. The van der Waals surface area contributed by atoms with E-state index in [0.29, 0.717) is 16.7 Å². The molecule has 2 aromatic rings. The molecule has 2 heterocycles. The maximum atomic E-state index is 12.4. The number of likely N-dealkylation sites (tertiary alicyclic amines) is 1. The molecule has 4 nitrogen and oxygen atoms in total. The van der Waals surface area contributed by atoms with E-state index in [4.69, 9.17) is 0 Å². The molecule has 1 aliphatic heterocycles. The number of rotatable bonds is 7. The van der Waals surface area contributed by atoms with E-state index < -0.39 is 10.0 Å². The third-order valence-corrected chi connectivity index (χ3v) is 8.59. The summed E-state index contributed by atoms with van der Waals surface area (Å²) in [7, 11) is -3.36. The number of benzene rings is 1. The SMILES string of the molecule is CSc1ccccc1CN1CCC(CNS(=O)(=O)c2ccc(C)s2)CC1. The zero-order valence-corrected chi connectivity index (χ0v) is 17.7. The van der Waals surface area contributed by atoms with Crippen molar-refractivity contribution in [2.45, 2.75) is 35.4 Å². The summed E-state index contributed by atoms with van der Waals surface area (Å²) in [5.41, 5.74) is 1.38. The van der Waals surface area contributed by atoms with Gasteiger partial charge in [-0.15, -0.1) is 23.1 Å². The lowest BCUT2D eigenvalue weighted by Gasteiger charge is -2.32. The van der Waals surface area contributed by atoms with E-state index in [1.807, 2.05) is 13.0 Å². The van der Waals surface area contributed by atoms with E-state index in [2.05, 4.69) is 40.1 Å². The number of hydrogen-bond donors (Lipinski definition) is 1. The fourth-order valence-electron chi connectivity index (χ4n) is 3.28. The Kier molecular flexibility index (Phi) is 6.80. The third-order valence-electron chi connectivity index (χ3n) is 4.84. The Bertz CT molecular complexity index is 825. The van der Waals surface area contributed by atoms with Crippen LogP contribution in [0.3, 0.4) is 0 Å². The Morgan fingerprint density at radius 1 is 1.19 bits per heavy atom. The highest BCUT2D eigenvalue weighted by Gasteiger charge is 2.23. The molecule has 0 amide bonds. The number of nitrogens with one attached hydrogen (secondary N) is 1. The van der Waals surface area contributed by atoms with Gasteiger partial charge in [0.05, 0.1) is 0 Å². The molecule has 1 fully saturated rings. The summed E-state index contributed by atoms with van der Waals surface area (Å²) in [6.07, 6.45) is 4.19. The fraction of sp³-hybridized carbons (Fsp3) is 0.474. The quantitative estimate of drug-likeness (QED) is 0.702. The van der Waals surface area contributed by atoms with Crippen LogP contribution in [0, 0.1) is 12.8 Å². The van der Waals surface area contributed by atoms with E-state index in [1.54, 1.807) is 17.8 Å². The van der Waals surface area contributed by atoms with E-state index in [1.165, 1.54) is 21.8 Å². The van der Waals surface area contributed by atoms with Gasteiger partial charge in [0.25, 0.3) is 0 Å². The predicted octanol–water partition coefficient (Wildman–Crippen LogP) is 3.97. The van der Waals surface area contributed by atoms with Gasteiger partial charge in [0.1, 0.15) is 4.21 Å². The van der Waals surface area contributed by atoms with Crippen molar-refractivity contribution >= 4 is 33.1 Å². The first kappa shape index (κ1) is 19.9. The van der Waals surface area contributed by atoms with Gasteiger partial charge in [-0.1, -0.05) is 18.2 Å². The molecule has 1 N–H and O–H groups in total. The number of thiophene rings is 1. The minimum atomic E-state index is -3.36. The van der Waals surface area contributed by atoms with Crippen molar-refractivity contribution in [1.82, 2.24) is 9.62 Å². The van der Waals surface area contributed by atoms with Crippen LogP contribution in [0.15, 0.2) is 45.5 Å². The molecule has 26 heavy (non-hydrogen) atoms. The molecular weight excluding hydrogens is 384 g/mol. The van der Waals surface area contributed by atoms with Crippen LogP contribution in [0.4, 0.5) is 0 Å².